The van der Waals surface area contributed by atoms with E-state index in [0.717, 1.165) is 38.9 Å². The van der Waals surface area contributed by atoms with Gasteiger partial charge in [0, 0.05) is 21.9 Å². The number of anilines is 1. The Labute approximate surface area is 187 Å². The Morgan fingerprint density at radius 1 is 1.03 bits per heavy atom. The molecule has 0 spiro atoms. The maximum absolute atomic E-state index is 11.9. The Kier molecular flexibility index (Phi) is 4.86. The van der Waals surface area contributed by atoms with E-state index in [0.29, 0.717) is 20.8 Å². The molecule has 3 aromatic carbocycles. The second-order valence-corrected chi connectivity index (χ2v) is 10.6. The second kappa shape index (κ2) is 7.45. The first-order chi connectivity index (χ1) is 14.8. The minimum atomic E-state index is -4.34. The number of nitrogen functional groups attached to an aromatic ring is 1. The van der Waals surface area contributed by atoms with Crippen LogP contribution < -0.4 is 5.73 Å². The monoisotopic (exact) mass is 467 g/mol. The van der Waals surface area contributed by atoms with E-state index in [1.165, 1.54) is 11.3 Å². The average Bonchev–Trinajstić information content (AvgIpc) is 3.16. The van der Waals surface area contributed by atoms with Crippen molar-refractivity contribution in [2.45, 2.75) is 16.7 Å². The summed E-state index contributed by atoms with van der Waals surface area (Å²) in [6, 6.07) is 17.0. The van der Waals surface area contributed by atoms with Gasteiger partial charge in [-0.05, 0) is 54.4 Å². The van der Waals surface area contributed by atoms with Crippen molar-refractivity contribution in [2.75, 3.05) is 11.5 Å². The summed E-state index contributed by atoms with van der Waals surface area (Å²) in [7, 11) is -4.34. The summed E-state index contributed by atoms with van der Waals surface area (Å²) < 4.78 is 33.9. The molecular formula is C22H17N3O3S3. The molecule has 1 aliphatic rings. The number of nitrogens with zero attached hydrogens (tertiary/aromatic N) is 2. The number of nitrogens with two attached hydrogens (primary N) is 1. The number of aromatic nitrogens is 1. The lowest BCUT2D eigenvalue weighted by Gasteiger charge is -2.16. The third kappa shape index (κ3) is 3.74. The SMILES string of the molecule is Cc1ccc2nc(-c3ccc4c(c3)SCC(c3ccc(N)cc3)=N4)sc2c1S(=O)(=O)O. The van der Waals surface area contributed by atoms with Crippen molar-refractivity contribution in [2.24, 2.45) is 4.99 Å². The summed E-state index contributed by atoms with van der Waals surface area (Å²) in [5.74, 6) is 0.742. The van der Waals surface area contributed by atoms with Crippen LogP contribution >= 0.6 is 23.1 Å². The number of hydrogen-bond acceptors (Lipinski definition) is 7. The quantitative estimate of drug-likeness (QED) is 0.312. The fourth-order valence-corrected chi connectivity index (χ4v) is 6.82. The highest BCUT2D eigenvalue weighted by Gasteiger charge is 2.21. The van der Waals surface area contributed by atoms with Crippen LogP contribution in [-0.4, -0.2) is 29.4 Å². The molecule has 0 fully saturated rings. The average molecular weight is 468 g/mol. The number of benzene rings is 3. The zero-order chi connectivity index (χ0) is 21.8. The summed E-state index contributed by atoms with van der Waals surface area (Å²) in [5.41, 5.74) is 11.4. The van der Waals surface area contributed by atoms with Crippen LogP contribution in [0.5, 0.6) is 0 Å². The molecule has 6 nitrogen and oxygen atoms in total. The zero-order valence-corrected chi connectivity index (χ0v) is 18.8. The van der Waals surface area contributed by atoms with E-state index in [2.05, 4.69) is 4.98 Å². The number of rotatable bonds is 3. The molecule has 4 aromatic rings. The van der Waals surface area contributed by atoms with Crippen molar-refractivity contribution >= 4 is 60.5 Å². The molecule has 0 aliphatic carbocycles. The van der Waals surface area contributed by atoms with Gasteiger partial charge in [-0.25, -0.2) is 4.98 Å². The number of hydrogen-bond donors (Lipinski definition) is 2. The van der Waals surface area contributed by atoms with Gasteiger partial charge in [-0.15, -0.1) is 23.1 Å². The van der Waals surface area contributed by atoms with Gasteiger partial charge in [0.05, 0.1) is 21.6 Å². The van der Waals surface area contributed by atoms with E-state index in [1.54, 1.807) is 30.8 Å². The third-order valence-electron chi connectivity index (χ3n) is 5.04. The lowest BCUT2D eigenvalue weighted by molar-refractivity contribution is 0.484. The third-order valence-corrected chi connectivity index (χ3v) is 8.40. The molecule has 1 aromatic heterocycles. The van der Waals surface area contributed by atoms with Gasteiger partial charge in [-0.3, -0.25) is 9.55 Å². The van der Waals surface area contributed by atoms with E-state index in [1.807, 2.05) is 42.5 Å². The van der Waals surface area contributed by atoms with Gasteiger partial charge in [-0.2, -0.15) is 8.42 Å². The van der Waals surface area contributed by atoms with Crippen LogP contribution in [0.2, 0.25) is 0 Å². The molecule has 0 atom stereocenters. The number of aryl methyl sites for hydroxylation is 1. The minimum Gasteiger partial charge on any atom is -0.399 e. The molecule has 9 heteroatoms. The van der Waals surface area contributed by atoms with Crippen molar-refractivity contribution in [1.29, 1.82) is 0 Å². The summed E-state index contributed by atoms with van der Waals surface area (Å²) in [4.78, 5) is 10.4. The van der Waals surface area contributed by atoms with Gasteiger partial charge in [-0.1, -0.05) is 18.2 Å². The maximum Gasteiger partial charge on any atom is 0.296 e. The number of thioether (sulfide) groups is 1. The first-order valence-electron chi connectivity index (χ1n) is 9.38. The fourth-order valence-electron chi connectivity index (χ4n) is 3.51. The molecule has 5 rings (SSSR count). The van der Waals surface area contributed by atoms with Gasteiger partial charge in [0.1, 0.15) is 9.90 Å². The Balaban J connectivity index is 1.55. The van der Waals surface area contributed by atoms with Crippen molar-refractivity contribution in [3.05, 3.63) is 65.7 Å². The van der Waals surface area contributed by atoms with E-state index in [4.69, 9.17) is 10.7 Å². The molecule has 0 saturated heterocycles. The summed E-state index contributed by atoms with van der Waals surface area (Å²) in [6.07, 6.45) is 0. The molecule has 31 heavy (non-hydrogen) atoms. The molecule has 156 valence electrons. The lowest BCUT2D eigenvalue weighted by atomic mass is 10.1. The van der Waals surface area contributed by atoms with Crippen LogP contribution in [-0.2, 0) is 10.1 Å². The lowest BCUT2D eigenvalue weighted by Crippen LogP contribution is -2.07. The largest absolute Gasteiger partial charge is 0.399 e. The Morgan fingerprint density at radius 2 is 1.77 bits per heavy atom. The molecule has 1 aliphatic heterocycles. The van der Waals surface area contributed by atoms with Crippen LogP contribution in [0.4, 0.5) is 11.4 Å². The van der Waals surface area contributed by atoms with Crippen LogP contribution in [0.3, 0.4) is 0 Å². The molecule has 3 N–H and O–H groups in total. The van der Waals surface area contributed by atoms with E-state index < -0.39 is 10.1 Å². The summed E-state index contributed by atoms with van der Waals surface area (Å²) in [6.45, 7) is 1.66. The molecule has 0 bridgehead atoms. The topological polar surface area (TPSA) is 106 Å². The van der Waals surface area contributed by atoms with Crippen molar-refractivity contribution < 1.29 is 13.0 Å². The van der Waals surface area contributed by atoms with Crippen molar-refractivity contribution in [1.82, 2.24) is 4.98 Å². The molecule has 0 unspecified atom stereocenters. The highest BCUT2D eigenvalue weighted by Crippen LogP contribution is 2.41. The fraction of sp³-hybridized carbons (Fsp3) is 0.0909. The van der Waals surface area contributed by atoms with Crippen molar-refractivity contribution in [3.63, 3.8) is 0 Å². The molecule has 2 heterocycles. The number of aliphatic imine (C=N–C) groups is 1. The predicted octanol–water partition coefficient (Wildman–Crippen LogP) is 5.33. The molecular weight excluding hydrogens is 450 g/mol. The smallest absolute Gasteiger partial charge is 0.296 e. The van der Waals surface area contributed by atoms with Gasteiger partial charge in [0.2, 0.25) is 0 Å². The molecule has 0 saturated carbocycles. The number of thiazole rings is 1. The van der Waals surface area contributed by atoms with Gasteiger partial charge < -0.3 is 5.73 Å². The normalized spacial score (nSPS) is 13.8. The van der Waals surface area contributed by atoms with Gasteiger partial charge in [0.25, 0.3) is 10.1 Å². The predicted molar refractivity (Wildman–Crippen MR) is 127 cm³/mol. The van der Waals surface area contributed by atoms with Crippen LogP contribution in [0, 0.1) is 6.92 Å². The van der Waals surface area contributed by atoms with E-state index >= 15 is 0 Å². The number of fused-ring (bicyclic) bond motifs is 2. The van der Waals surface area contributed by atoms with E-state index in [-0.39, 0.29) is 4.90 Å². The Bertz CT molecular complexity index is 1470. The van der Waals surface area contributed by atoms with Crippen LogP contribution in [0.15, 0.2) is 69.4 Å². The standard InChI is InChI=1S/C22H17N3O3S3/c1-12-2-8-17-20(21(12)31(26,27)28)30-22(25-17)14-5-9-16-19(10-14)29-11-18(24-16)13-3-6-15(23)7-4-13/h2-10H,11,23H2,1H3,(H,26,27,28). The minimum absolute atomic E-state index is 0.0705. The van der Waals surface area contributed by atoms with E-state index in [9.17, 15) is 13.0 Å². The summed E-state index contributed by atoms with van der Waals surface area (Å²) >= 11 is 2.96. The Morgan fingerprint density at radius 3 is 2.52 bits per heavy atom. The Hall–Kier alpha value is -2.72. The zero-order valence-electron chi connectivity index (χ0n) is 16.4. The first kappa shape index (κ1) is 20.2. The highest BCUT2D eigenvalue weighted by molar-refractivity contribution is 8.00. The molecule has 0 radical (unpaired) electrons. The first-order valence-corrected chi connectivity index (χ1v) is 12.6. The summed E-state index contributed by atoms with van der Waals surface area (Å²) in [5, 5.41) is 0.696. The van der Waals surface area contributed by atoms with Gasteiger partial charge in [0.15, 0.2) is 0 Å². The van der Waals surface area contributed by atoms with Crippen LogP contribution in [0.25, 0.3) is 20.8 Å². The second-order valence-electron chi connectivity index (χ2n) is 7.21. The highest BCUT2D eigenvalue weighted by atomic mass is 32.2. The maximum atomic E-state index is 11.9. The molecule has 0 amide bonds. The van der Waals surface area contributed by atoms with Gasteiger partial charge >= 0.3 is 0 Å². The van der Waals surface area contributed by atoms with Crippen LogP contribution in [0.1, 0.15) is 11.1 Å². The van der Waals surface area contributed by atoms with Crippen molar-refractivity contribution in [3.8, 4) is 10.6 Å².